The lowest BCUT2D eigenvalue weighted by molar-refractivity contribution is 0.0702. The fourth-order valence-corrected chi connectivity index (χ4v) is 5.48. The Hall–Kier alpha value is -3.82. The van der Waals surface area contributed by atoms with Gasteiger partial charge in [-0.05, 0) is 41.7 Å². The Kier molecular flexibility index (Phi) is 9.81. The summed E-state index contributed by atoms with van der Waals surface area (Å²) in [4.78, 5) is 29.0. The Labute approximate surface area is 254 Å². The number of aromatic nitrogens is 1. The highest BCUT2D eigenvalue weighted by atomic mass is 35.5. The molecule has 1 saturated heterocycles. The number of amides is 2. The Morgan fingerprint density at radius 3 is 2.10 bits per heavy atom. The second-order valence-electron chi connectivity index (χ2n) is 10.3. The average molecular weight is 608 g/mol. The molecule has 2 heterocycles. The molecule has 5 rings (SSSR count). The SMILES string of the molecule is O=C(NO)c1cn(Cc2ccccc2)c(C(=O)NC2CCN(Cc3ccccc3)CC2)c1OCc1ccc(Cl)c(Cl)c1. The van der Waals surface area contributed by atoms with Crippen LogP contribution in [-0.4, -0.2) is 45.6 Å². The van der Waals surface area contributed by atoms with E-state index in [9.17, 15) is 14.8 Å². The number of likely N-dealkylation sites (tertiary alicyclic amines) is 1. The first-order valence-electron chi connectivity index (χ1n) is 13.8. The molecule has 0 atom stereocenters. The van der Waals surface area contributed by atoms with Gasteiger partial charge in [0.2, 0.25) is 0 Å². The molecule has 4 aromatic rings. The Morgan fingerprint density at radius 2 is 1.48 bits per heavy atom. The molecule has 10 heteroatoms. The first-order chi connectivity index (χ1) is 20.4. The van der Waals surface area contributed by atoms with Gasteiger partial charge in [0, 0.05) is 38.4 Å². The van der Waals surface area contributed by atoms with Crippen molar-refractivity contribution in [2.75, 3.05) is 13.1 Å². The molecule has 8 nitrogen and oxygen atoms in total. The zero-order valence-electron chi connectivity index (χ0n) is 22.9. The van der Waals surface area contributed by atoms with Crippen LogP contribution in [0.5, 0.6) is 5.75 Å². The fraction of sp³-hybridized carbons (Fsp3) is 0.250. The number of nitrogens with one attached hydrogen (secondary N) is 2. The molecule has 1 aliphatic rings. The first-order valence-corrected chi connectivity index (χ1v) is 14.5. The van der Waals surface area contributed by atoms with Crippen LogP contribution in [0.2, 0.25) is 10.0 Å². The maximum Gasteiger partial charge on any atom is 0.279 e. The average Bonchev–Trinajstić information content (AvgIpc) is 3.37. The van der Waals surface area contributed by atoms with Gasteiger partial charge in [0.1, 0.15) is 12.2 Å². The highest BCUT2D eigenvalue weighted by Crippen LogP contribution is 2.30. The van der Waals surface area contributed by atoms with Crippen molar-refractivity contribution in [1.29, 1.82) is 0 Å². The monoisotopic (exact) mass is 606 g/mol. The van der Waals surface area contributed by atoms with E-state index in [1.807, 2.05) is 48.5 Å². The molecule has 218 valence electrons. The standard InChI is InChI=1S/C32H32Cl2N4O4/c33-27-12-11-24(17-28(27)34)21-42-30-26(31(39)36-41)20-38(19-23-9-5-2-6-10-23)29(30)32(40)35-25-13-15-37(16-14-25)18-22-7-3-1-4-8-22/h1-12,17,20,25,41H,13-16,18-19,21H2,(H,35,40)(H,36,39). The first kappa shape index (κ1) is 29.7. The number of piperidine rings is 1. The van der Waals surface area contributed by atoms with Crippen LogP contribution in [0, 0.1) is 0 Å². The molecule has 3 aromatic carbocycles. The van der Waals surface area contributed by atoms with Crippen molar-refractivity contribution >= 4 is 35.0 Å². The van der Waals surface area contributed by atoms with Gasteiger partial charge in [-0.15, -0.1) is 0 Å². The van der Waals surface area contributed by atoms with Gasteiger partial charge in [0.25, 0.3) is 11.8 Å². The predicted octanol–water partition coefficient (Wildman–Crippen LogP) is 5.94. The second-order valence-corrected chi connectivity index (χ2v) is 11.1. The lowest BCUT2D eigenvalue weighted by Crippen LogP contribution is -2.44. The third kappa shape index (κ3) is 7.33. The van der Waals surface area contributed by atoms with Gasteiger partial charge in [-0.3, -0.25) is 19.7 Å². The number of rotatable bonds is 10. The van der Waals surface area contributed by atoms with Gasteiger partial charge in [-0.1, -0.05) is 89.9 Å². The van der Waals surface area contributed by atoms with Crippen molar-refractivity contribution in [1.82, 2.24) is 20.3 Å². The Balaban J connectivity index is 1.38. The normalized spacial score (nSPS) is 14.0. The topological polar surface area (TPSA) is 95.8 Å². The van der Waals surface area contributed by atoms with Crippen LogP contribution in [0.1, 0.15) is 50.4 Å². The van der Waals surface area contributed by atoms with E-state index >= 15 is 0 Å². The second kappa shape index (κ2) is 13.9. The van der Waals surface area contributed by atoms with Gasteiger partial charge in [-0.2, -0.15) is 0 Å². The fourth-order valence-electron chi connectivity index (χ4n) is 5.16. The number of benzene rings is 3. The summed E-state index contributed by atoms with van der Waals surface area (Å²) in [6.45, 7) is 2.91. The maximum absolute atomic E-state index is 13.9. The minimum Gasteiger partial charge on any atom is -0.486 e. The highest BCUT2D eigenvalue weighted by molar-refractivity contribution is 6.42. The predicted molar refractivity (Wildman–Crippen MR) is 162 cm³/mol. The summed E-state index contributed by atoms with van der Waals surface area (Å²) in [5, 5.41) is 13.4. The molecule has 0 aliphatic carbocycles. The number of hydrogen-bond acceptors (Lipinski definition) is 5. The van der Waals surface area contributed by atoms with E-state index in [1.165, 1.54) is 11.8 Å². The summed E-state index contributed by atoms with van der Waals surface area (Å²) in [6, 6.07) is 25.0. The van der Waals surface area contributed by atoms with Crippen LogP contribution in [0.25, 0.3) is 0 Å². The third-order valence-corrected chi connectivity index (χ3v) is 8.07. The maximum atomic E-state index is 13.9. The van der Waals surface area contributed by atoms with E-state index in [0.29, 0.717) is 22.2 Å². The van der Waals surface area contributed by atoms with Crippen LogP contribution >= 0.6 is 23.2 Å². The van der Waals surface area contributed by atoms with E-state index in [0.717, 1.165) is 38.0 Å². The lowest BCUT2D eigenvalue weighted by Gasteiger charge is -2.32. The van der Waals surface area contributed by atoms with Gasteiger partial charge in [-0.25, -0.2) is 5.48 Å². The van der Waals surface area contributed by atoms with Crippen LogP contribution in [0.4, 0.5) is 0 Å². The summed E-state index contributed by atoms with van der Waals surface area (Å²) in [5.41, 5.74) is 4.81. The Morgan fingerprint density at radius 1 is 0.833 bits per heavy atom. The van der Waals surface area contributed by atoms with Crippen LogP contribution < -0.4 is 15.5 Å². The molecule has 0 radical (unpaired) electrons. The van der Waals surface area contributed by atoms with Crippen LogP contribution in [0.3, 0.4) is 0 Å². The summed E-state index contributed by atoms with van der Waals surface area (Å²) >= 11 is 12.2. The van der Waals surface area contributed by atoms with Crippen LogP contribution in [-0.2, 0) is 19.7 Å². The van der Waals surface area contributed by atoms with Crippen molar-refractivity contribution in [3.8, 4) is 5.75 Å². The molecule has 1 fully saturated rings. The summed E-state index contributed by atoms with van der Waals surface area (Å²) in [6.07, 6.45) is 3.11. The van der Waals surface area contributed by atoms with E-state index in [1.54, 1.807) is 28.2 Å². The van der Waals surface area contributed by atoms with Gasteiger partial charge in [0.05, 0.1) is 10.0 Å². The van der Waals surface area contributed by atoms with E-state index < -0.39 is 5.91 Å². The zero-order valence-corrected chi connectivity index (χ0v) is 24.4. The van der Waals surface area contributed by atoms with Gasteiger partial charge < -0.3 is 14.6 Å². The Bertz CT molecular complexity index is 1520. The summed E-state index contributed by atoms with van der Waals surface area (Å²) < 4.78 is 7.81. The number of hydroxylamine groups is 1. The molecule has 0 saturated carbocycles. The quantitative estimate of drug-likeness (QED) is 0.153. The minimum absolute atomic E-state index is 0.0239. The van der Waals surface area contributed by atoms with Crippen molar-refractivity contribution in [3.63, 3.8) is 0 Å². The number of hydrogen-bond donors (Lipinski definition) is 3. The number of carbonyl (C=O) groups is 2. The molecule has 0 unspecified atom stereocenters. The van der Waals surface area contributed by atoms with E-state index in [-0.39, 0.29) is 35.6 Å². The highest BCUT2D eigenvalue weighted by Gasteiger charge is 2.29. The smallest absolute Gasteiger partial charge is 0.279 e. The van der Waals surface area contributed by atoms with Crippen molar-refractivity contribution < 1.29 is 19.5 Å². The lowest BCUT2D eigenvalue weighted by atomic mass is 10.0. The third-order valence-electron chi connectivity index (χ3n) is 7.33. The van der Waals surface area contributed by atoms with Gasteiger partial charge >= 0.3 is 0 Å². The molecule has 1 aliphatic heterocycles. The molecule has 3 N–H and O–H groups in total. The summed E-state index contributed by atoms with van der Waals surface area (Å²) in [7, 11) is 0. The summed E-state index contributed by atoms with van der Waals surface area (Å²) in [5.74, 6) is -1.06. The van der Waals surface area contributed by atoms with Crippen molar-refractivity contribution in [3.05, 3.63) is 123 Å². The van der Waals surface area contributed by atoms with Crippen LogP contribution in [0.15, 0.2) is 85.1 Å². The number of carbonyl (C=O) groups excluding carboxylic acids is 2. The number of halogens is 2. The number of nitrogens with zero attached hydrogens (tertiary/aromatic N) is 2. The molecule has 42 heavy (non-hydrogen) atoms. The number of ether oxygens (including phenoxy) is 1. The van der Waals surface area contributed by atoms with E-state index in [2.05, 4.69) is 22.3 Å². The molecule has 2 amide bonds. The minimum atomic E-state index is -0.783. The van der Waals surface area contributed by atoms with Gasteiger partial charge in [0.15, 0.2) is 11.4 Å². The van der Waals surface area contributed by atoms with Crippen molar-refractivity contribution in [2.45, 2.75) is 38.6 Å². The zero-order chi connectivity index (χ0) is 29.5. The molecular weight excluding hydrogens is 575 g/mol. The van der Waals surface area contributed by atoms with Crippen molar-refractivity contribution in [2.24, 2.45) is 0 Å². The molecule has 1 aromatic heterocycles. The molecule has 0 spiro atoms. The molecular formula is C32H32Cl2N4O4. The molecule has 0 bridgehead atoms. The largest absolute Gasteiger partial charge is 0.486 e. The van der Waals surface area contributed by atoms with E-state index in [4.69, 9.17) is 27.9 Å².